The molecule has 0 saturated heterocycles. The molecule has 0 saturated carbocycles. The van der Waals surface area contributed by atoms with Crippen molar-refractivity contribution in [1.29, 1.82) is 0 Å². The Balaban J connectivity index is 1.31. The number of nitrogens with zero attached hydrogens (tertiary/aromatic N) is 2. The summed E-state index contributed by atoms with van der Waals surface area (Å²) < 4.78 is 1.49. The molecule has 4 aromatic rings. The Morgan fingerprint density at radius 1 is 1.09 bits per heavy atom. The molecule has 2 N–H and O–H groups in total. The predicted molar refractivity (Wildman–Crippen MR) is 128 cm³/mol. The molecule has 0 unspecified atom stereocenters. The van der Waals surface area contributed by atoms with Crippen LogP contribution in [0.1, 0.15) is 34.3 Å². The Morgan fingerprint density at radius 2 is 1.97 bits per heavy atom. The topological polar surface area (TPSA) is 79.8 Å². The number of H-pyrrole nitrogens is 1. The van der Waals surface area contributed by atoms with Crippen LogP contribution in [0.3, 0.4) is 0 Å². The van der Waals surface area contributed by atoms with Crippen molar-refractivity contribution in [3.63, 3.8) is 0 Å². The van der Waals surface area contributed by atoms with E-state index < -0.39 is 0 Å². The van der Waals surface area contributed by atoms with Gasteiger partial charge in [-0.25, -0.2) is 4.98 Å². The zero-order chi connectivity index (χ0) is 22.5. The average Bonchev–Trinajstić information content (AvgIpc) is 3.20. The highest BCUT2D eigenvalue weighted by molar-refractivity contribution is 6.42. The average molecular weight is 469 g/mol. The van der Waals surface area contributed by atoms with Gasteiger partial charge in [0.15, 0.2) is 0 Å². The van der Waals surface area contributed by atoms with Crippen molar-refractivity contribution in [3.8, 4) is 0 Å². The van der Waals surface area contributed by atoms with E-state index in [9.17, 15) is 9.59 Å². The van der Waals surface area contributed by atoms with Gasteiger partial charge in [-0.1, -0.05) is 29.3 Å². The molecular formula is C24H22Cl2N4O2. The first kappa shape index (κ1) is 22.1. The van der Waals surface area contributed by atoms with E-state index in [0.29, 0.717) is 23.1 Å². The summed E-state index contributed by atoms with van der Waals surface area (Å²) in [6.07, 6.45) is 8.01. The molecule has 32 heavy (non-hydrogen) atoms. The minimum absolute atomic E-state index is 0.121. The van der Waals surface area contributed by atoms with Crippen molar-refractivity contribution in [2.24, 2.45) is 0 Å². The molecule has 0 fully saturated rings. The predicted octanol–water partition coefficient (Wildman–Crippen LogP) is 4.83. The molecule has 4 rings (SSSR count). The maximum atomic E-state index is 12.8. The van der Waals surface area contributed by atoms with Crippen LogP contribution in [0, 0.1) is 0 Å². The van der Waals surface area contributed by atoms with Gasteiger partial charge in [-0.05, 0) is 66.8 Å². The van der Waals surface area contributed by atoms with Crippen LogP contribution in [-0.4, -0.2) is 27.0 Å². The van der Waals surface area contributed by atoms with Gasteiger partial charge in [0.05, 0.1) is 16.6 Å². The number of aryl methyl sites for hydroxylation is 1. The molecule has 1 aromatic carbocycles. The number of carbonyl (C=O) groups excluding carboxylic acids is 1. The first-order valence-electron chi connectivity index (χ1n) is 10.4. The van der Waals surface area contributed by atoms with Gasteiger partial charge >= 0.3 is 0 Å². The van der Waals surface area contributed by atoms with Crippen LogP contribution in [0.25, 0.3) is 11.0 Å². The van der Waals surface area contributed by atoms with E-state index in [1.165, 1.54) is 10.1 Å². The number of carbonyl (C=O) groups is 1. The molecule has 0 radical (unpaired) electrons. The number of halogens is 2. The summed E-state index contributed by atoms with van der Waals surface area (Å²) in [6.45, 7) is 0.802. The lowest BCUT2D eigenvalue weighted by Gasteiger charge is -2.10. The lowest BCUT2D eigenvalue weighted by molar-refractivity contribution is 0.0951. The number of fused-ring (bicyclic) bond motifs is 1. The number of aromatic nitrogens is 3. The van der Waals surface area contributed by atoms with Crippen LogP contribution in [0.15, 0.2) is 65.8 Å². The summed E-state index contributed by atoms with van der Waals surface area (Å²) in [7, 11) is 0. The molecule has 0 aliphatic carbocycles. The molecule has 0 aliphatic heterocycles. The van der Waals surface area contributed by atoms with Gasteiger partial charge < -0.3 is 14.9 Å². The highest BCUT2D eigenvalue weighted by Gasteiger charge is 2.12. The lowest BCUT2D eigenvalue weighted by Crippen LogP contribution is -2.33. The van der Waals surface area contributed by atoms with Crippen LogP contribution in [0.5, 0.6) is 0 Å². The second-order valence-corrected chi connectivity index (χ2v) is 8.34. The molecule has 3 heterocycles. The smallest absolute Gasteiger partial charge is 0.263 e. The Bertz CT molecular complexity index is 1310. The van der Waals surface area contributed by atoms with Gasteiger partial charge in [-0.15, -0.1) is 0 Å². The van der Waals surface area contributed by atoms with Gasteiger partial charge in [-0.2, -0.15) is 0 Å². The first-order valence-corrected chi connectivity index (χ1v) is 11.1. The van der Waals surface area contributed by atoms with E-state index in [4.69, 9.17) is 23.2 Å². The molecule has 0 atom stereocenters. The summed E-state index contributed by atoms with van der Waals surface area (Å²) in [5.41, 5.74) is 2.70. The third kappa shape index (κ3) is 5.03. The van der Waals surface area contributed by atoms with E-state index in [2.05, 4.69) is 15.3 Å². The van der Waals surface area contributed by atoms with Crippen molar-refractivity contribution in [3.05, 3.63) is 98.1 Å². The minimum atomic E-state index is -0.366. The Morgan fingerprint density at radius 3 is 2.81 bits per heavy atom. The maximum Gasteiger partial charge on any atom is 0.263 e. The van der Waals surface area contributed by atoms with Crippen LogP contribution >= 0.6 is 23.2 Å². The van der Waals surface area contributed by atoms with Gasteiger partial charge in [-0.3, -0.25) is 9.59 Å². The zero-order valence-electron chi connectivity index (χ0n) is 17.3. The van der Waals surface area contributed by atoms with Crippen LogP contribution in [0.2, 0.25) is 10.0 Å². The largest absolute Gasteiger partial charge is 0.352 e. The summed E-state index contributed by atoms with van der Waals surface area (Å²) in [4.78, 5) is 32.8. The van der Waals surface area contributed by atoms with E-state index in [-0.39, 0.29) is 17.0 Å². The summed E-state index contributed by atoms with van der Waals surface area (Å²) in [5.74, 6) is -0.366. The van der Waals surface area contributed by atoms with Crippen molar-refractivity contribution in [2.45, 2.75) is 25.8 Å². The number of rotatable bonds is 8. The van der Waals surface area contributed by atoms with Crippen LogP contribution in [0.4, 0.5) is 0 Å². The third-order valence-corrected chi connectivity index (χ3v) is 6.04. The van der Waals surface area contributed by atoms with Crippen LogP contribution in [-0.2, 0) is 13.0 Å². The second kappa shape index (κ2) is 10.0. The normalized spacial score (nSPS) is 11.1. The number of benzene rings is 1. The second-order valence-electron chi connectivity index (χ2n) is 7.53. The molecule has 164 valence electrons. The SMILES string of the molecule is O=C(NCCCCc1c[nH]c2ncccc12)c1cccn(Cc2ccc(Cl)c(Cl)c2)c1=O. The fourth-order valence-electron chi connectivity index (χ4n) is 3.63. The molecular weight excluding hydrogens is 447 g/mol. The summed E-state index contributed by atoms with van der Waals surface area (Å²) in [6, 6.07) is 12.4. The minimum Gasteiger partial charge on any atom is -0.352 e. The third-order valence-electron chi connectivity index (χ3n) is 5.30. The Labute approximate surface area is 195 Å². The van der Waals surface area contributed by atoms with Crippen molar-refractivity contribution >= 4 is 40.1 Å². The number of unbranched alkanes of at least 4 members (excludes halogenated alkanes) is 1. The molecule has 1 amide bonds. The van der Waals surface area contributed by atoms with Gasteiger partial charge in [0, 0.05) is 30.5 Å². The molecule has 0 aliphatic rings. The number of amides is 1. The highest BCUT2D eigenvalue weighted by atomic mass is 35.5. The quantitative estimate of drug-likeness (QED) is 0.363. The lowest BCUT2D eigenvalue weighted by atomic mass is 10.1. The Kier molecular flexibility index (Phi) is 6.93. The standard InChI is InChI=1S/C24H22Cl2N4O2/c25-20-9-8-16(13-21(20)26)15-30-12-4-7-19(24(30)32)23(31)28-10-2-1-5-17-14-29-22-18(17)6-3-11-27-22/h3-4,6-9,11-14H,1-2,5,10,15H2,(H,27,29)(H,28,31). The molecule has 6 nitrogen and oxygen atoms in total. The van der Waals surface area contributed by atoms with E-state index in [1.54, 1.807) is 42.7 Å². The number of hydrogen-bond donors (Lipinski definition) is 2. The van der Waals surface area contributed by atoms with Gasteiger partial charge in [0.2, 0.25) is 0 Å². The molecule has 3 aromatic heterocycles. The summed E-state index contributed by atoms with van der Waals surface area (Å²) in [5, 5.41) is 4.86. The first-order chi connectivity index (χ1) is 15.5. The Hall–Kier alpha value is -3.09. The fourth-order valence-corrected chi connectivity index (χ4v) is 3.95. The molecule has 0 bridgehead atoms. The van der Waals surface area contributed by atoms with E-state index >= 15 is 0 Å². The van der Waals surface area contributed by atoms with Gasteiger partial charge in [0.1, 0.15) is 11.2 Å². The van der Waals surface area contributed by atoms with Crippen molar-refractivity contribution in [1.82, 2.24) is 19.9 Å². The van der Waals surface area contributed by atoms with Crippen molar-refractivity contribution in [2.75, 3.05) is 6.54 Å². The maximum absolute atomic E-state index is 12.8. The number of pyridine rings is 2. The molecule has 0 spiro atoms. The molecule has 8 heteroatoms. The monoisotopic (exact) mass is 468 g/mol. The zero-order valence-corrected chi connectivity index (χ0v) is 18.8. The number of hydrogen-bond acceptors (Lipinski definition) is 3. The summed E-state index contributed by atoms with van der Waals surface area (Å²) >= 11 is 12.0. The number of aromatic amines is 1. The van der Waals surface area contributed by atoms with Crippen LogP contribution < -0.4 is 10.9 Å². The van der Waals surface area contributed by atoms with E-state index in [0.717, 1.165) is 35.9 Å². The van der Waals surface area contributed by atoms with Crippen molar-refractivity contribution < 1.29 is 4.79 Å². The fraction of sp³-hybridized carbons (Fsp3) is 0.208. The number of nitrogens with one attached hydrogen (secondary N) is 2. The van der Waals surface area contributed by atoms with E-state index in [1.807, 2.05) is 18.3 Å². The highest BCUT2D eigenvalue weighted by Crippen LogP contribution is 2.23. The van der Waals surface area contributed by atoms with Gasteiger partial charge in [0.25, 0.3) is 11.5 Å².